The first kappa shape index (κ1) is 12.1. The standard InChI is InChI=1S/C10H16F4N2/c11-9(12)10(13,14)6-15-7-3-5-16-4-1-2-8(7)16/h7-9,15H,1-6H2. The minimum Gasteiger partial charge on any atom is -0.307 e. The Kier molecular flexibility index (Phi) is 3.39. The number of alkyl halides is 4. The highest BCUT2D eigenvalue weighted by molar-refractivity contribution is 4.96. The lowest BCUT2D eigenvalue weighted by molar-refractivity contribution is -0.126. The molecule has 2 nitrogen and oxygen atoms in total. The molecule has 2 aliphatic heterocycles. The Labute approximate surface area is 92.0 Å². The van der Waals surface area contributed by atoms with Crippen LogP contribution in [-0.2, 0) is 0 Å². The minimum atomic E-state index is -3.91. The summed E-state index contributed by atoms with van der Waals surface area (Å²) in [5.74, 6) is -3.91. The van der Waals surface area contributed by atoms with Crippen LogP contribution in [0, 0.1) is 0 Å². The third-order valence-electron chi connectivity index (χ3n) is 3.53. The van der Waals surface area contributed by atoms with E-state index in [9.17, 15) is 17.6 Å². The fourth-order valence-electron chi connectivity index (χ4n) is 2.66. The van der Waals surface area contributed by atoms with Gasteiger partial charge in [0.05, 0.1) is 6.54 Å². The van der Waals surface area contributed by atoms with Crippen molar-refractivity contribution >= 4 is 0 Å². The lowest BCUT2D eigenvalue weighted by Crippen LogP contribution is -2.46. The van der Waals surface area contributed by atoms with Crippen molar-refractivity contribution in [3.8, 4) is 0 Å². The molecule has 1 N–H and O–H groups in total. The number of fused-ring (bicyclic) bond motifs is 1. The molecule has 0 bridgehead atoms. The average Bonchev–Trinajstić information content (AvgIpc) is 2.76. The molecule has 0 saturated carbocycles. The van der Waals surface area contributed by atoms with Gasteiger partial charge >= 0.3 is 12.3 Å². The number of hydrogen-bond donors (Lipinski definition) is 1. The maximum absolute atomic E-state index is 12.7. The van der Waals surface area contributed by atoms with Gasteiger partial charge in [0.25, 0.3) is 0 Å². The smallest absolute Gasteiger partial charge is 0.307 e. The van der Waals surface area contributed by atoms with Gasteiger partial charge in [0.1, 0.15) is 0 Å². The molecule has 2 atom stereocenters. The molecule has 0 spiro atoms. The number of rotatable bonds is 4. The Balaban J connectivity index is 1.82. The van der Waals surface area contributed by atoms with Crippen LogP contribution >= 0.6 is 0 Å². The van der Waals surface area contributed by atoms with Crippen molar-refractivity contribution in [2.45, 2.75) is 43.7 Å². The van der Waals surface area contributed by atoms with Crippen LogP contribution in [0.1, 0.15) is 19.3 Å². The Morgan fingerprint density at radius 1 is 1.25 bits per heavy atom. The van der Waals surface area contributed by atoms with Gasteiger partial charge < -0.3 is 5.32 Å². The van der Waals surface area contributed by atoms with Crippen molar-refractivity contribution in [1.82, 2.24) is 10.2 Å². The average molecular weight is 240 g/mol. The maximum Gasteiger partial charge on any atom is 0.319 e. The van der Waals surface area contributed by atoms with E-state index in [0.29, 0.717) is 0 Å². The zero-order chi connectivity index (χ0) is 11.8. The first-order valence-corrected chi connectivity index (χ1v) is 5.64. The van der Waals surface area contributed by atoms with Crippen LogP contribution in [0.3, 0.4) is 0 Å². The van der Waals surface area contributed by atoms with Gasteiger partial charge in [-0.15, -0.1) is 0 Å². The summed E-state index contributed by atoms with van der Waals surface area (Å²) in [6, 6.07) is 0.223. The van der Waals surface area contributed by atoms with Crippen LogP contribution in [-0.4, -0.2) is 49.0 Å². The van der Waals surface area contributed by atoms with Gasteiger partial charge in [-0.3, -0.25) is 4.90 Å². The molecular weight excluding hydrogens is 224 g/mol. The van der Waals surface area contributed by atoms with Crippen molar-refractivity contribution in [2.75, 3.05) is 19.6 Å². The van der Waals surface area contributed by atoms with Crippen LogP contribution in [0.5, 0.6) is 0 Å². The number of nitrogens with one attached hydrogen (secondary N) is 1. The molecule has 94 valence electrons. The summed E-state index contributed by atoms with van der Waals surface area (Å²) in [7, 11) is 0. The highest BCUT2D eigenvalue weighted by Gasteiger charge is 2.43. The van der Waals surface area contributed by atoms with Crippen molar-refractivity contribution in [3.05, 3.63) is 0 Å². The molecule has 6 heteroatoms. The molecule has 0 aromatic heterocycles. The van der Waals surface area contributed by atoms with Crippen molar-refractivity contribution in [3.63, 3.8) is 0 Å². The van der Waals surface area contributed by atoms with Crippen LogP contribution in [0.15, 0.2) is 0 Å². The topological polar surface area (TPSA) is 15.3 Å². The fraction of sp³-hybridized carbons (Fsp3) is 1.00. The predicted octanol–water partition coefficient (Wildman–Crippen LogP) is 1.71. The summed E-state index contributed by atoms with van der Waals surface area (Å²) in [4.78, 5) is 2.25. The third kappa shape index (κ3) is 2.32. The minimum absolute atomic E-state index is 0.0490. The molecule has 2 saturated heterocycles. The van der Waals surface area contributed by atoms with E-state index in [1.54, 1.807) is 0 Å². The van der Waals surface area contributed by atoms with Crippen LogP contribution < -0.4 is 5.32 Å². The van der Waals surface area contributed by atoms with E-state index in [0.717, 1.165) is 32.4 Å². The van der Waals surface area contributed by atoms with Gasteiger partial charge in [0, 0.05) is 18.6 Å². The zero-order valence-electron chi connectivity index (χ0n) is 8.93. The Morgan fingerprint density at radius 3 is 2.69 bits per heavy atom. The zero-order valence-corrected chi connectivity index (χ0v) is 8.93. The molecule has 2 fully saturated rings. The van der Waals surface area contributed by atoms with E-state index in [1.165, 1.54) is 0 Å². The number of halogens is 4. The van der Waals surface area contributed by atoms with Gasteiger partial charge in [-0.2, -0.15) is 8.78 Å². The van der Waals surface area contributed by atoms with Gasteiger partial charge in [-0.05, 0) is 25.8 Å². The molecule has 0 aromatic carbocycles. The van der Waals surface area contributed by atoms with Gasteiger partial charge in [0.15, 0.2) is 0 Å². The lowest BCUT2D eigenvalue weighted by atomic mass is 10.1. The van der Waals surface area contributed by atoms with E-state index >= 15 is 0 Å². The molecule has 0 aromatic rings. The van der Waals surface area contributed by atoms with Crippen LogP contribution in [0.4, 0.5) is 17.6 Å². The summed E-state index contributed by atoms with van der Waals surface area (Å²) in [5.41, 5.74) is 0. The van der Waals surface area contributed by atoms with Crippen LogP contribution in [0.25, 0.3) is 0 Å². The molecular formula is C10H16F4N2. The Morgan fingerprint density at radius 2 is 2.00 bits per heavy atom. The molecule has 2 unspecified atom stereocenters. The summed E-state index contributed by atoms with van der Waals surface area (Å²) in [5, 5.41) is 2.60. The van der Waals surface area contributed by atoms with E-state index in [4.69, 9.17) is 0 Å². The lowest BCUT2D eigenvalue weighted by Gasteiger charge is -2.24. The van der Waals surface area contributed by atoms with E-state index in [2.05, 4.69) is 10.2 Å². The quantitative estimate of drug-likeness (QED) is 0.753. The summed E-state index contributed by atoms with van der Waals surface area (Å²) in [6.45, 7) is 0.982. The molecule has 2 rings (SSSR count). The second-order valence-electron chi connectivity index (χ2n) is 4.58. The molecule has 0 radical (unpaired) electrons. The number of nitrogens with zero attached hydrogens (tertiary/aromatic N) is 1. The third-order valence-corrected chi connectivity index (χ3v) is 3.53. The first-order chi connectivity index (χ1) is 7.50. The largest absolute Gasteiger partial charge is 0.319 e. The predicted molar refractivity (Wildman–Crippen MR) is 52.0 cm³/mol. The summed E-state index contributed by atoms with van der Waals surface area (Å²) in [6.07, 6.45) is -0.739. The van der Waals surface area contributed by atoms with Crippen molar-refractivity contribution < 1.29 is 17.6 Å². The second-order valence-corrected chi connectivity index (χ2v) is 4.58. The van der Waals surface area contributed by atoms with Gasteiger partial charge in [-0.1, -0.05) is 0 Å². The normalized spacial score (nSPS) is 31.3. The maximum atomic E-state index is 12.7. The number of hydrogen-bond acceptors (Lipinski definition) is 2. The van der Waals surface area contributed by atoms with Crippen molar-refractivity contribution in [2.24, 2.45) is 0 Å². The second kappa shape index (κ2) is 4.49. The first-order valence-electron chi connectivity index (χ1n) is 5.64. The van der Waals surface area contributed by atoms with E-state index < -0.39 is 18.9 Å². The summed E-state index contributed by atoms with van der Waals surface area (Å²) >= 11 is 0. The molecule has 0 aliphatic carbocycles. The molecule has 0 amide bonds. The Hall–Kier alpha value is -0.360. The van der Waals surface area contributed by atoms with Crippen LogP contribution in [0.2, 0.25) is 0 Å². The van der Waals surface area contributed by atoms with E-state index in [1.807, 2.05) is 0 Å². The highest BCUT2D eigenvalue weighted by Crippen LogP contribution is 2.29. The fourth-order valence-corrected chi connectivity index (χ4v) is 2.66. The molecule has 2 aliphatic rings. The Bertz CT molecular complexity index is 247. The van der Waals surface area contributed by atoms with Gasteiger partial charge in [-0.25, -0.2) is 8.78 Å². The molecule has 16 heavy (non-hydrogen) atoms. The molecule has 2 heterocycles. The SMILES string of the molecule is FC(F)C(F)(F)CNC1CCN2CCCC12. The summed E-state index contributed by atoms with van der Waals surface area (Å²) < 4.78 is 49.3. The highest BCUT2D eigenvalue weighted by atomic mass is 19.3. The van der Waals surface area contributed by atoms with Crippen molar-refractivity contribution in [1.29, 1.82) is 0 Å². The van der Waals surface area contributed by atoms with E-state index in [-0.39, 0.29) is 12.1 Å². The van der Waals surface area contributed by atoms with Gasteiger partial charge in [0.2, 0.25) is 0 Å². The monoisotopic (exact) mass is 240 g/mol.